The Balaban J connectivity index is 1.68. The summed E-state index contributed by atoms with van der Waals surface area (Å²) in [5, 5.41) is 11.3. The summed E-state index contributed by atoms with van der Waals surface area (Å²) in [5.41, 5.74) is 1.75. The van der Waals surface area contributed by atoms with Gasteiger partial charge in [-0.15, -0.1) is 0 Å². The molecule has 0 aliphatic carbocycles. The molecule has 0 bridgehead atoms. The number of ketones is 1. The molecule has 186 valence electrons. The molecule has 0 saturated carbocycles. The van der Waals surface area contributed by atoms with Gasteiger partial charge in [0, 0.05) is 31.7 Å². The maximum absolute atomic E-state index is 13.7. The number of aliphatic hydroxyl groups is 1. The van der Waals surface area contributed by atoms with Crippen molar-refractivity contribution in [1.29, 1.82) is 0 Å². The van der Waals surface area contributed by atoms with E-state index in [4.69, 9.17) is 9.47 Å². The number of carbonyl (C=O) groups excluding carboxylic acids is 2. The number of likely N-dealkylation sites (tertiary alicyclic amines) is 1. The molecule has 8 heteroatoms. The average molecular weight is 483 g/mol. The number of ether oxygens (including phenoxy) is 2. The zero-order valence-corrected chi connectivity index (χ0v) is 20.1. The second kappa shape index (κ2) is 11.0. The van der Waals surface area contributed by atoms with E-state index in [0.717, 1.165) is 19.6 Å². The number of benzene rings is 2. The van der Waals surface area contributed by atoms with Crippen molar-refractivity contribution in [3.63, 3.8) is 0 Å². The van der Waals surface area contributed by atoms with Gasteiger partial charge in [-0.05, 0) is 61.7 Å². The molecule has 2 saturated heterocycles. The number of aliphatic hydroxyl groups excluding tert-OH is 1. The van der Waals surface area contributed by atoms with Crippen molar-refractivity contribution < 1.29 is 28.6 Å². The number of halogens is 1. The summed E-state index contributed by atoms with van der Waals surface area (Å²) in [6.45, 7) is 8.32. The first-order chi connectivity index (χ1) is 16.9. The van der Waals surface area contributed by atoms with Crippen LogP contribution in [0.15, 0.2) is 48.0 Å². The molecular formula is C27H31FN2O5. The summed E-state index contributed by atoms with van der Waals surface area (Å²) in [4.78, 5) is 30.1. The van der Waals surface area contributed by atoms with Crippen molar-refractivity contribution in [3.8, 4) is 5.75 Å². The molecule has 1 N–H and O–H groups in total. The molecule has 2 fully saturated rings. The molecule has 2 aromatic carbocycles. The summed E-state index contributed by atoms with van der Waals surface area (Å²) in [6, 6.07) is 10.1. The third kappa shape index (κ3) is 5.39. The zero-order chi connectivity index (χ0) is 24.9. The lowest BCUT2D eigenvalue weighted by Gasteiger charge is -2.29. The van der Waals surface area contributed by atoms with Gasteiger partial charge >= 0.3 is 0 Å². The van der Waals surface area contributed by atoms with Crippen LogP contribution in [0.5, 0.6) is 5.75 Å². The predicted octanol–water partition coefficient (Wildman–Crippen LogP) is 3.68. The highest BCUT2D eigenvalue weighted by Crippen LogP contribution is 2.40. The summed E-state index contributed by atoms with van der Waals surface area (Å²) in [7, 11) is 0. The van der Waals surface area contributed by atoms with Crippen LogP contribution in [0.25, 0.3) is 5.76 Å². The van der Waals surface area contributed by atoms with Gasteiger partial charge in [-0.25, -0.2) is 4.39 Å². The minimum Gasteiger partial charge on any atom is -0.507 e. The topological polar surface area (TPSA) is 79.3 Å². The molecule has 0 aromatic heterocycles. The molecule has 0 spiro atoms. The molecule has 2 aromatic rings. The van der Waals surface area contributed by atoms with Crippen molar-refractivity contribution in [2.45, 2.75) is 26.3 Å². The molecule has 1 atom stereocenters. The highest BCUT2D eigenvalue weighted by Gasteiger charge is 2.46. The maximum Gasteiger partial charge on any atom is 0.295 e. The Morgan fingerprint density at radius 1 is 1.11 bits per heavy atom. The van der Waals surface area contributed by atoms with Gasteiger partial charge in [0.2, 0.25) is 0 Å². The van der Waals surface area contributed by atoms with Gasteiger partial charge in [0.15, 0.2) is 0 Å². The molecule has 2 aliphatic rings. The van der Waals surface area contributed by atoms with Crippen LogP contribution in [-0.4, -0.2) is 72.6 Å². The van der Waals surface area contributed by atoms with Crippen LogP contribution in [0.2, 0.25) is 0 Å². The van der Waals surface area contributed by atoms with Gasteiger partial charge in [-0.2, -0.15) is 0 Å². The van der Waals surface area contributed by atoms with Crippen LogP contribution < -0.4 is 4.74 Å². The smallest absolute Gasteiger partial charge is 0.295 e. The molecule has 4 rings (SSSR count). The zero-order valence-electron chi connectivity index (χ0n) is 20.1. The molecular weight excluding hydrogens is 451 g/mol. The highest BCUT2D eigenvalue weighted by molar-refractivity contribution is 6.46. The number of Topliss-reactive ketones (excluding diaryl/α,β-unsaturated/α-hetero) is 1. The van der Waals surface area contributed by atoms with E-state index >= 15 is 0 Å². The molecule has 1 unspecified atom stereocenters. The second-order valence-electron chi connectivity index (χ2n) is 8.76. The first kappa shape index (κ1) is 24.9. The highest BCUT2D eigenvalue weighted by atomic mass is 19.1. The molecule has 2 heterocycles. The van der Waals surface area contributed by atoms with Gasteiger partial charge in [-0.3, -0.25) is 14.5 Å². The number of amides is 1. The first-order valence-corrected chi connectivity index (χ1v) is 12.0. The monoisotopic (exact) mass is 482 g/mol. The fraction of sp³-hybridized carbons (Fsp3) is 0.407. The van der Waals surface area contributed by atoms with E-state index in [2.05, 4.69) is 4.90 Å². The Hall–Kier alpha value is -3.23. The van der Waals surface area contributed by atoms with E-state index in [1.165, 1.54) is 17.0 Å². The number of aryl methyl sites for hydroxylation is 1. The van der Waals surface area contributed by atoms with E-state index in [9.17, 15) is 19.1 Å². The normalized spacial score (nSPS) is 20.4. The largest absolute Gasteiger partial charge is 0.507 e. The number of rotatable bonds is 8. The second-order valence-corrected chi connectivity index (χ2v) is 8.76. The van der Waals surface area contributed by atoms with Crippen LogP contribution in [0.3, 0.4) is 0 Å². The van der Waals surface area contributed by atoms with Crippen molar-refractivity contribution >= 4 is 17.4 Å². The van der Waals surface area contributed by atoms with Gasteiger partial charge in [0.25, 0.3) is 11.7 Å². The molecule has 2 aliphatic heterocycles. The maximum atomic E-state index is 13.7. The number of hydrogen-bond donors (Lipinski definition) is 1. The summed E-state index contributed by atoms with van der Waals surface area (Å²) < 4.78 is 24.6. The Morgan fingerprint density at radius 2 is 1.83 bits per heavy atom. The third-order valence-electron chi connectivity index (χ3n) is 6.47. The minimum atomic E-state index is -0.800. The molecule has 1 amide bonds. The van der Waals surface area contributed by atoms with Crippen LogP contribution >= 0.6 is 0 Å². The Bertz CT molecular complexity index is 1110. The van der Waals surface area contributed by atoms with Gasteiger partial charge < -0.3 is 19.5 Å². The lowest BCUT2D eigenvalue weighted by molar-refractivity contribution is -0.140. The molecule has 35 heavy (non-hydrogen) atoms. The predicted molar refractivity (Wildman–Crippen MR) is 130 cm³/mol. The van der Waals surface area contributed by atoms with Gasteiger partial charge in [0.1, 0.15) is 17.3 Å². The van der Waals surface area contributed by atoms with E-state index in [0.29, 0.717) is 55.2 Å². The number of carbonyl (C=O) groups is 2. The third-order valence-corrected chi connectivity index (χ3v) is 6.47. The molecule has 0 radical (unpaired) electrons. The van der Waals surface area contributed by atoms with Gasteiger partial charge in [0.05, 0.1) is 31.4 Å². The molecule has 7 nitrogen and oxygen atoms in total. The Labute approximate surface area is 204 Å². The average Bonchev–Trinajstić information content (AvgIpc) is 3.10. The van der Waals surface area contributed by atoms with Crippen LogP contribution in [0.4, 0.5) is 4.39 Å². The minimum absolute atomic E-state index is 0.0141. The van der Waals surface area contributed by atoms with E-state index in [1.54, 1.807) is 30.3 Å². The number of hydrogen-bond acceptors (Lipinski definition) is 6. The number of nitrogens with zero attached hydrogens (tertiary/aromatic N) is 2. The van der Waals surface area contributed by atoms with Crippen molar-refractivity contribution in [2.75, 3.05) is 46.0 Å². The van der Waals surface area contributed by atoms with Crippen molar-refractivity contribution in [2.24, 2.45) is 0 Å². The van der Waals surface area contributed by atoms with Crippen LogP contribution in [-0.2, 0) is 14.3 Å². The van der Waals surface area contributed by atoms with Crippen LogP contribution in [0.1, 0.15) is 36.1 Å². The van der Waals surface area contributed by atoms with Gasteiger partial charge in [-0.1, -0.05) is 12.1 Å². The van der Waals surface area contributed by atoms with Crippen molar-refractivity contribution in [1.82, 2.24) is 9.80 Å². The summed E-state index contributed by atoms with van der Waals surface area (Å²) >= 11 is 0. The first-order valence-electron chi connectivity index (χ1n) is 12.0. The number of morpholine rings is 1. The fourth-order valence-electron chi connectivity index (χ4n) is 4.70. The Morgan fingerprint density at radius 3 is 2.49 bits per heavy atom. The summed E-state index contributed by atoms with van der Waals surface area (Å²) in [6.07, 6.45) is 0.660. The quantitative estimate of drug-likeness (QED) is 0.351. The SMILES string of the molecule is CCOc1ccc(/C(O)=C2/C(=O)C(=O)N(CCCN3CCOCC3)C2c2ccc(F)cc2)c(C)c1. The van der Waals surface area contributed by atoms with Crippen LogP contribution in [0, 0.1) is 12.7 Å². The Kier molecular flexibility index (Phi) is 7.83. The summed E-state index contributed by atoms with van der Waals surface area (Å²) in [5.74, 6) is -1.41. The van der Waals surface area contributed by atoms with E-state index in [1.807, 2.05) is 13.8 Å². The lowest BCUT2D eigenvalue weighted by Crippen LogP contribution is -2.38. The van der Waals surface area contributed by atoms with E-state index < -0.39 is 23.5 Å². The fourth-order valence-corrected chi connectivity index (χ4v) is 4.70. The van der Waals surface area contributed by atoms with Crippen molar-refractivity contribution in [3.05, 3.63) is 70.5 Å². The van der Waals surface area contributed by atoms with E-state index in [-0.39, 0.29) is 11.3 Å². The standard InChI is InChI=1S/C27H31FN2O5/c1-3-35-21-9-10-22(18(2)17-21)25(31)23-24(19-5-7-20(28)8-6-19)30(27(33)26(23)32)12-4-11-29-13-15-34-16-14-29/h5-10,17,24,31H,3-4,11-16H2,1-2H3/b25-23-. The lowest BCUT2D eigenvalue weighted by atomic mass is 9.94.